The molecule has 0 bridgehead atoms. The van der Waals surface area contributed by atoms with E-state index in [1.165, 1.54) is 6.08 Å². The van der Waals surface area contributed by atoms with Crippen LogP contribution in [0.3, 0.4) is 0 Å². The Morgan fingerprint density at radius 1 is 1.50 bits per heavy atom. The van der Waals surface area contributed by atoms with Gasteiger partial charge < -0.3 is 16.0 Å². The molecule has 1 amide bonds. The molecule has 0 aliphatic carbocycles. The maximum atomic E-state index is 10.9. The number of H-pyrrole nitrogens is 1. The van der Waals surface area contributed by atoms with E-state index in [1.807, 2.05) is 12.3 Å². The summed E-state index contributed by atoms with van der Waals surface area (Å²) in [5.41, 5.74) is 7.99. The number of carbonyl (C=O) groups is 1. The molecule has 0 unspecified atom stereocenters. The zero-order valence-corrected chi connectivity index (χ0v) is 12.0. The van der Waals surface area contributed by atoms with Crippen LogP contribution < -0.4 is 11.1 Å². The fourth-order valence-electron chi connectivity index (χ4n) is 1.89. The van der Waals surface area contributed by atoms with Gasteiger partial charge in [-0.05, 0) is 17.6 Å². The monoisotopic (exact) mass is 272 g/mol. The minimum absolute atomic E-state index is 0.176. The number of pyridine rings is 1. The Labute approximate surface area is 118 Å². The Hall–Kier alpha value is -2.30. The maximum absolute atomic E-state index is 10.9. The Balaban J connectivity index is 2.39. The summed E-state index contributed by atoms with van der Waals surface area (Å²) in [6, 6.07) is 1.93. The molecule has 2 rings (SSSR count). The van der Waals surface area contributed by atoms with E-state index in [1.54, 1.807) is 12.3 Å². The molecule has 0 aliphatic rings. The summed E-state index contributed by atoms with van der Waals surface area (Å²) in [5.74, 6) is -0.465. The Morgan fingerprint density at radius 3 is 2.90 bits per heavy atom. The summed E-state index contributed by atoms with van der Waals surface area (Å²) < 4.78 is 0. The van der Waals surface area contributed by atoms with Crippen LogP contribution in [0.5, 0.6) is 0 Å². The molecule has 0 aromatic carbocycles. The van der Waals surface area contributed by atoms with Crippen molar-refractivity contribution in [3.8, 4) is 0 Å². The zero-order chi connectivity index (χ0) is 14.8. The highest BCUT2D eigenvalue weighted by Gasteiger charge is 2.12. The first-order valence-electron chi connectivity index (χ1n) is 6.54. The summed E-state index contributed by atoms with van der Waals surface area (Å²) in [6.07, 6.45) is 6.62. The van der Waals surface area contributed by atoms with Gasteiger partial charge >= 0.3 is 0 Å². The molecule has 5 nitrogen and oxygen atoms in total. The zero-order valence-electron chi connectivity index (χ0n) is 12.0. The van der Waals surface area contributed by atoms with Crippen LogP contribution in [0.15, 0.2) is 24.5 Å². The first-order chi connectivity index (χ1) is 9.37. The number of hydrogen-bond acceptors (Lipinski definition) is 3. The number of amides is 1. The lowest BCUT2D eigenvalue weighted by Gasteiger charge is -2.20. The van der Waals surface area contributed by atoms with Gasteiger partial charge in [0, 0.05) is 41.7 Å². The lowest BCUT2D eigenvalue weighted by Crippen LogP contribution is -2.19. The molecule has 0 fully saturated rings. The fourth-order valence-corrected chi connectivity index (χ4v) is 1.89. The number of anilines is 1. The highest BCUT2D eigenvalue weighted by molar-refractivity contribution is 5.99. The van der Waals surface area contributed by atoms with Gasteiger partial charge in [-0.1, -0.05) is 20.8 Å². The molecule has 0 saturated carbocycles. The van der Waals surface area contributed by atoms with E-state index >= 15 is 0 Å². The van der Waals surface area contributed by atoms with Crippen LogP contribution >= 0.6 is 0 Å². The molecule has 2 aromatic heterocycles. The summed E-state index contributed by atoms with van der Waals surface area (Å²) in [4.78, 5) is 18.3. The van der Waals surface area contributed by atoms with Crippen molar-refractivity contribution in [1.82, 2.24) is 9.97 Å². The van der Waals surface area contributed by atoms with Gasteiger partial charge in [-0.25, -0.2) is 4.98 Å². The summed E-state index contributed by atoms with van der Waals surface area (Å²) in [5, 5.41) is 4.40. The third kappa shape index (κ3) is 3.38. The van der Waals surface area contributed by atoms with Gasteiger partial charge in [-0.3, -0.25) is 4.79 Å². The van der Waals surface area contributed by atoms with E-state index in [9.17, 15) is 4.79 Å². The van der Waals surface area contributed by atoms with E-state index < -0.39 is 5.91 Å². The minimum atomic E-state index is -0.465. The van der Waals surface area contributed by atoms with Gasteiger partial charge in [0.1, 0.15) is 5.65 Å². The van der Waals surface area contributed by atoms with E-state index in [-0.39, 0.29) is 5.41 Å². The molecular weight excluding hydrogens is 252 g/mol. The molecule has 2 aromatic rings. The first kappa shape index (κ1) is 14.1. The summed E-state index contributed by atoms with van der Waals surface area (Å²) in [7, 11) is 0. The quantitative estimate of drug-likeness (QED) is 0.748. The number of aromatic nitrogens is 2. The standard InChI is InChI=1S/C15H20N4O/c1-15(2,3)9-19-11-6-7-17-14-13(11)10(8-18-14)4-5-12(16)20/h4-8H,9H2,1-3H3,(H2,16,20)(H2,17,18,19). The van der Waals surface area contributed by atoms with Crippen LogP contribution in [0.25, 0.3) is 17.1 Å². The van der Waals surface area contributed by atoms with Gasteiger partial charge in [0.2, 0.25) is 5.91 Å². The van der Waals surface area contributed by atoms with Crippen molar-refractivity contribution in [2.24, 2.45) is 11.1 Å². The van der Waals surface area contributed by atoms with E-state index in [0.29, 0.717) is 0 Å². The van der Waals surface area contributed by atoms with Crippen molar-refractivity contribution in [2.45, 2.75) is 20.8 Å². The number of nitrogens with two attached hydrogens (primary N) is 1. The van der Waals surface area contributed by atoms with E-state index in [4.69, 9.17) is 5.73 Å². The fraction of sp³-hybridized carbons (Fsp3) is 0.333. The van der Waals surface area contributed by atoms with Crippen molar-refractivity contribution >= 4 is 28.7 Å². The lowest BCUT2D eigenvalue weighted by molar-refractivity contribution is -0.113. The van der Waals surface area contributed by atoms with Gasteiger partial charge in [-0.15, -0.1) is 0 Å². The number of nitrogens with one attached hydrogen (secondary N) is 2. The maximum Gasteiger partial charge on any atom is 0.241 e. The number of carbonyl (C=O) groups excluding carboxylic acids is 1. The number of aromatic amines is 1. The molecular formula is C15H20N4O. The van der Waals surface area contributed by atoms with Crippen molar-refractivity contribution < 1.29 is 4.79 Å². The second-order valence-electron chi connectivity index (χ2n) is 5.98. The number of primary amides is 1. The number of rotatable bonds is 4. The van der Waals surface area contributed by atoms with Crippen molar-refractivity contribution in [1.29, 1.82) is 0 Å². The summed E-state index contributed by atoms with van der Waals surface area (Å²) in [6.45, 7) is 7.35. The molecule has 0 atom stereocenters. The number of fused-ring (bicyclic) bond motifs is 1. The van der Waals surface area contributed by atoms with Crippen LogP contribution in [0.4, 0.5) is 5.69 Å². The Morgan fingerprint density at radius 2 is 2.25 bits per heavy atom. The second kappa shape index (κ2) is 5.36. The first-order valence-corrected chi connectivity index (χ1v) is 6.54. The summed E-state index contributed by atoms with van der Waals surface area (Å²) >= 11 is 0. The molecule has 0 aliphatic heterocycles. The molecule has 0 spiro atoms. The lowest BCUT2D eigenvalue weighted by atomic mass is 9.97. The van der Waals surface area contributed by atoms with Gasteiger partial charge in [0.15, 0.2) is 0 Å². The van der Waals surface area contributed by atoms with Crippen LogP contribution in [0.2, 0.25) is 0 Å². The third-order valence-electron chi connectivity index (χ3n) is 2.84. The largest absolute Gasteiger partial charge is 0.384 e. The Kier molecular flexibility index (Phi) is 3.79. The molecule has 0 radical (unpaired) electrons. The molecule has 0 saturated heterocycles. The average molecular weight is 272 g/mol. The molecule has 4 N–H and O–H groups in total. The predicted molar refractivity (Wildman–Crippen MR) is 82.3 cm³/mol. The smallest absolute Gasteiger partial charge is 0.241 e. The van der Waals surface area contributed by atoms with Crippen molar-refractivity contribution in [2.75, 3.05) is 11.9 Å². The van der Waals surface area contributed by atoms with Crippen molar-refractivity contribution in [3.05, 3.63) is 30.1 Å². The second-order valence-corrected chi connectivity index (χ2v) is 5.98. The minimum Gasteiger partial charge on any atom is -0.384 e. The predicted octanol–water partition coefficient (Wildman–Crippen LogP) is 2.52. The normalized spacial score (nSPS) is 12.2. The highest BCUT2D eigenvalue weighted by Crippen LogP contribution is 2.27. The van der Waals surface area contributed by atoms with Gasteiger partial charge in [-0.2, -0.15) is 0 Å². The van der Waals surface area contributed by atoms with Crippen LogP contribution in [-0.2, 0) is 4.79 Å². The topological polar surface area (TPSA) is 83.8 Å². The van der Waals surface area contributed by atoms with Crippen molar-refractivity contribution in [3.63, 3.8) is 0 Å². The van der Waals surface area contributed by atoms with E-state index in [0.717, 1.165) is 28.8 Å². The highest BCUT2D eigenvalue weighted by atomic mass is 16.1. The third-order valence-corrected chi connectivity index (χ3v) is 2.84. The van der Waals surface area contributed by atoms with Gasteiger partial charge in [0.05, 0.1) is 0 Å². The van der Waals surface area contributed by atoms with Crippen LogP contribution in [0, 0.1) is 5.41 Å². The van der Waals surface area contributed by atoms with Crippen LogP contribution in [-0.4, -0.2) is 22.4 Å². The number of hydrogen-bond donors (Lipinski definition) is 3. The van der Waals surface area contributed by atoms with Crippen LogP contribution in [0.1, 0.15) is 26.3 Å². The molecule has 20 heavy (non-hydrogen) atoms. The molecule has 5 heteroatoms. The van der Waals surface area contributed by atoms with Gasteiger partial charge in [0.25, 0.3) is 0 Å². The average Bonchev–Trinajstić information content (AvgIpc) is 2.76. The molecule has 106 valence electrons. The van der Waals surface area contributed by atoms with E-state index in [2.05, 4.69) is 36.1 Å². The molecule has 2 heterocycles. The SMILES string of the molecule is CC(C)(C)CNc1ccnc2[nH]cc(C=CC(N)=O)c12. The number of nitrogens with zero attached hydrogens (tertiary/aromatic N) is 1. The Bertz CT molecular complexity index is 649.